The first kappa shape index (κ1) is 28.5. The fraction of sp³-hybridized carbons (Fsp3) is 0.379. The number of thiazole rings is 1. The van der Waals surface area contributed by atoms with E-state index in [-0.39, 0.29) is 55.5 Å². The third-order valence-corrected chi connectivity index (χ3v) is 9.28. The first-order valence-corrected chi connectivity index (χ1v) is 14.9. The van der Waals surface area contributed by atoms with E-state index >= 15 is 4.39 Å². The quantitative estimate of drug-likeness (QED) is 0.299. The van der Waals surface area contributed by atoms with Gasteiger partial charge in [0.05, 0.1) is 15.2 Å². The van der Waals surface area contributed by atoms with E-state index in [0.29, 0.717) is 43.0 Å². The van der Waals surface area contributed by atoms with Crippen molar-refractivity contribution < 1.29 is 18.3 Å². The highest BCUT2D eigenvalue weighted by atomic mass is 35.5. The molecule has 0 radical (unpaired) electrons. The maximum Gasteiger partial charge on any atom is 0.319 e. The van der Waals surface area contributed by atoms with Gasteiger partial charge in [-0.2, -0.15) is 9.97 Å². The Hall–Kier alpha value is -3.61. The molecule has 2 aliphatic rings. The number of halogens is 3. The molecule has 6 rings (SSSR count). The topological polar surface area (TPSA) is 101 Å². The van der Waals surface area contributed by atoms with Gasteiger partial charge in [0.25, 0.3) is 0 Å². The predicted molar refractivity (Wildman–Crippen MR) is 162 cm³/mol. The molecule has 0 aliphatic carbocycles. The van der Waals surface area contributed by atoms with Gasteiger partial charge in [-0.25, -0.2) is 13.8 Å². The monoisotopic (exact) mass is 613 g/mol. The normalized spacial score (nSPS) is 19.6. The largest absolute Gasteiger partial charge is 0.462 e. The molecule has 4 aromatic rings. The van der Waals surface area contributed by atoms with Gasteiger partial charge in [0.2, 0.25) is 5.91 Å². The van der Waals surface area contributed by atoms with Gasteiger partial charge in [0, 0.05) is 48.2 Å². The number of nitrogen functional groups attached to an aromatic ring is 1. The smallest absolute Gasteiger partial charge is 0.319 e. The van der Waals surface area contributed by atoms with Crippen molar-refractivity contribution in [1.29, 1.82) is 0 Å². The van der Waals surface area contributed by atoms with Gasteiger partial charge in [-0.1, -0.05) is 29.5 Å². The Bertz CT molecular complexity index is 1720. The van der Waals surface area contributed by atoms with Gasteiger partial charge in [0.1, 0.15) is 23.8 Å². The molecule has 4 heterocycles. The molecule has 2 saturated heterocycles. The minimum absolute atomic E-state index is 0.0205. The number of anilines is 2. The summed E-state index contributed by atoms with van der Waals surface area (Å²) in [7, 11) is 2.04. The molecule has 2 fully saturated rings. The summed E-state index contributed by atoms with van der Waals surface area (Å²) in [5, 5.41) is 0.659. The molecule has 1 amide bonds. The molecular weight excluding hydrogens is 584 g/mol. The van der Waals surface area contributed by atoms with Crippen LogP contribution in [0.1, 0.15) is 19.8 Å². The van der Waals surface area contributed by atoms with E-state index in [1.165, 1.54) is 18.2 Å². The molecule has 2 atom stereocenters. The number of aromatic nitrogens is 3. The van der Waals surface area contributed by atoms with Crippen LogP contribution in [-0.4, -0.2) is 82.6 Å². The van der Waals surface area contributed by atoms with E-state index in [4.69, 9.17) is 27.1 Å². The van der Waals surface area contributed by atoms with Crippen LogP contribution in [0.15, 0.2) is 30.9 Å². The zero-order chi connectivity index (χ0) is 29.7. The summed E-state index contributed by atoms with van der Waals surface area (Å²) in [6.45, 7) is 8.23. The van der Waals surface area contributed by atoms with Crippen molar-refractivity contribution >= 4 is 60.9 Å². The van der Waals surface area contributed by atoms with Gasteiger partial charge in [0.15, 0.2) is 10.9 Å². The molecule has 0 bridgehead atoms. The number of nitrogens with two attached hydrogens (primary N) is 1. The average Bonchev–Trinajstić information content (AvgIpc) is 3.57. The molecule has 0 spiro atoms. The number of hydrogen-bond acceptors (Lipinski definition) is 9. The Morgan fingerprint density at radius 2 is 2.05 bits per heavy atom. The van der Waals surface area contributed by atoms with Crippen LogP contribution in [0.2, 0.25) is 5.02 Å². The van der Waals surface area contributed by atoms with Gasteiger partial charge in [-0.15, -0.1) is 0 Å². The molecular formula is C29H30ClF2N7O2S. The number of hydrogen-bond donors (Lipinski definition) is 1. The molecule has 2 aromatic carbocycles. The van der Waals surface area contributed by atoms with Gasteiger partial charge in [-0.3, -0.25) is 4.79 Å². The van der Waals surface area contributed by atoms with Gasteiger partial charge in [-0.05, 0) is 57.6 Å². The number of benzene rings is 2. The molecule has 13 heteroatoms. The molecule has 0 saturated carbocycles. The van der Waals surface area contributed by atoms with E-state index in [9.17, 15) is 9.18 Å². The molecule has 1 unspecified atom stereocenters. The van der Waals surface area contributed by atoms with Gasteiger partial charge >= 0.3 is 6.01 Å². The van der Waals surface area contributed by atoms with E-state index in [1.807, 2.05) is 18.9 Å². The molecule has 42 heavy (non-hydrogen) atoms. The first-order chi connectivity index (χ1) is 20.2. The van der Waals surface area contributed by atoms with E-state index in [0.717, 1.165) is 30.7 Å². The van der Waals surface area contributed by atoms with E-state index in [1.54, 1.807) is 11.0 Å². The lowest BCUT2D eigenvalue weighted by atomic mass is 10.0. The van der Waals surface area contributed by atoms with Crippen LogP contribution >= 0.6 is 22.9 Å². The van der Waals surface area contributed by atoms with Crippen LogP contribution in [0.25, 0.3) is 32.2 Å². The van der Waals surface area contributed by atoms with E-state index in [2.05, 4.69) is 21.4 Å². The second-order valence-electron chi connectivity index (χ2n) is 10.7. The highest BCUT2D eigenvalue weighted by Crippen LogP contribution is 2.42. The van der Waals surface area contributed by atoms with Crippen molar-refractivity contribution in [3.05, 3.63) is 47.5 Å². The minimum atomic E-state index is -0.697. The standard InChI is InChI=1S/C29H30ClF2N7O2S/c1-4-21(40)39-11-10-38(13-15(39)2)27-18-12-19(30)22(17-7-8-20(31)26-25(17)34-28(33)42-26)23(32)24(18)35-29(36-27)41-14-16-6-5-9-37(16)3/h4,7-8,12,15-16H,1,5-6,9-11,13-14H2,2-3H3,(H2,33,34)/t15-,16?/m1/s1. The van der Waals surface area contributed by atoms with Crippen molar-refractivity contribution in [2.75, 3.05) is 50.5 Å². The summed E-state index contributed by atoms with van der Waals surface area (Å²) in [5.74, 6) is -0.883. The predicted octanol–water partition coefficient (Wildman–Crippen LogP) is 5.12. The number of nitrogens with zero attached hydrogens (tertiary/aromatic N) is 6. The van der Waals surface area contributed by atoms with Crippen LogP contribution in [0.3, 0.4) is 0 Å². The number of fused-ring (bicyclic) bond motifs is 2. The van der Waals surface area contributed by atoms with Crippen LogP contribution in [0.4, 0.5) is 19.7 Å². The van der Waals surface area contributed by atoms with Crippen LogP contribution in [0.5, 0.6) is 6.01 Å². The average molecular weight is 614 g/mol. The number of rotatable bonds is 6. The summed E-state index contributed by atoms with van der Waals surface area (Å²) in [6, 6.07) is 4.42. The number of carbonyl (C=O) groups is 1. The molecule has 2 aliphatic heterocycles. The lowest BCUT2D eigenvalue weighted by Gasteiger charge is -2.40. The second kappa shape index (κ2) is 11.2. The Kier molecular flexibility index (Phi) is 7.62. The highest BCUT2D eigenvalue weighted by Gasteiger charge is 2.31. The maximum absolute atomic E-state index is 16.6. The second-order valence-corrected chi connectivity index (χ2v) is 12.2. The number of likely N-dealkylation sites (N-methyl/N-ethyl adjacent to an activating group) is 1. The Balaban J connectivity index is 1.48. The molecule has 220 valence electrons. The fourth-order valence-electron chi connectivity index (χ4n) is 5.86. The van der Waals surface area contributed by atoms with Crippen molar-refractivity contribution in [2.24, 2.45) is 0 Å². The minimum Gasteiger partial charge on any atom is -0.462 e. The number of likely N-dealkylation sites (tertiary alicyclic amines) is 1. The number of carbonyl (C=O) groups excluding carboxylic acids is 1. The summed E-state index contributed by atoms with van der Waals surface area (Å²) >= 11 is 7.74. The zero-order valence-corrected chi connectivity index (χ0v) is 24.8. The third-order valence-electron chi connectivity index (χ3n) is 8.08. The number of piperazine rings is 1. The highest BCUT2D eigenvalue weighted by molar-refractivity contribution is 7.22. The summed E-state index contributed by atoms with van der Waals surface area (Å²) in [4.78, 5) is 31.8. The van der Waals surface area contributed by atoms with Gasteiger partial charge < -0.3 is 25.2 Å². The van der Waals surface area contributed by atoms with Crippen molar-refractivity contribution in [3.8, 4) is 17.1 Å². The van der Waals surface area contributed by atoms with Crippen LogP contribution in [-0.2, 0) is 4.79 Å². The van der Waals surface area contributed by atoms with Crippen molar-refractivity contribution in [3.63, 3.8) is 0 Å². The van der Waals surface area contributed by atoms with Crippen molar-refractivity contribution in [1.82, 2.24) is 24.8 Å². The number of ether oxygens (including phenoxy) is 1. The zero-order valence-electron chi connectivity index (χ0n) is 23.2. The Morgan fingerprint density at radius 3 is 2.76 bits per heavy atom. The third kappa shape index (κ3) is 5.01. The fourth-order valence-corrected chi connectivity index (χ4v) is 6.92. The molecule has 9 nitrogen and oxygen atoms in total. The first-order valence-electron chi connectivity index (χ1n) is 13.7. The summed E-state index contributed by atoms with van der Waals surface area (Å²) < 4.78 is 37.4. The lowest BCUT2D eigenvalue weighted by molar-refractivity contribution is -0.128. The number of amides is 1. The summed E-state index contributed by atoms with van der Waals surface area (Å²) in [6.07, 6.45) is 3.36. The van der Waals surface area contributed by atoms with Crippen LogP contribution in [0, 0.1) is 11.6 Å². The SMILES string of the molecule is C=CC(=O)N1CCN(c2nc(OCC3CCCN3C)nc3c(F)c(-c4ccc(F)c5sc(N)nc45)c(Cl)cc23)C[C@H]1C. The molecule has 2 aromatic heterocycles. The maximum atomic E-state index is 16.6. The van der Waals surface area contributed by atoms with Crippen molar-refractivity contribution in [2.45, 2.75) is 31.8 Å². The summed E-state index contributed by atoms with van der Waals surface area (Å²) in [5.41, 5.74) is 6.47. The van der Waals surface area contributed by atoms with Crippen LogP contribution < -0.4 is 15.4 Å². The Morgan fingerprint density at radius 1 is 1.24 bits per heavy atom. The van der Waals surface area contributed by atoms with E-state index < -0.39 is 11.6 Å². The Labute approximate surface area is 250 Å². The molecule has 2 N–H and O–H groups in total. The lowest BCUT2D eigenvalue weighted by Crippen LogP contribution is -2.54.